The van der Waals surface area contributed by atoms with Gasteiger partial charge in [0.15, 0.2) is 0 Å². The van der Waals surface area contributed by atoms with E-state index < -0.39 is 6.61 Å². The summed E-state index contributed by atoms with van der Waals surface area (Å²) in [7, 11) is 1.46. The van der Waals surface area contributed by atoms with Crippen LogP contribution in [0.25, 0.3) is 0 Å². The fourth-order valence-corrected chi connectivity index (χ4v) is 3.03. The van der Waals surface area contributed by atoms with E-state index in [9.17, 15) is 13.6 Å². The summed E-state index contributed by atoms with van der Waals surface area (Å²) in [5, 5.41) is 0. The zero-order chi connectivity index (χ0) is 17.0. The second-order valence-electron chi connectivity index (χ2n) is 5.60. The average molecular weight is 329 g/mol. The number of alkyl halides is 2. The molecule has 1 aromatic rings. The Morgan fingerprint density at radius 2 is 2.09 bits per heavy atom. The van der Waals surface area contributed by atoms with Crippen molar-refractivity contribution in [3.63, 3.8) is 0 Å². The predicted octanol–water partition coefficient (Wildman–Crippen LogP) is 2.82. The molecular weight excluding hydrogens is 308 g/mol. The van der Waals surface area contributed by atoms with Crippen LogP contribution in [0.15, 0.2) is 18.2 Å². The lowest BCUT2D eigenvalue weighted by molar-refractivity contribution is -0.148. The van der Waals surface area contributed by atoms with Gasteiger partial charge in [-0.3, -0.25) is 4.79 Å². The zero-order valence-electron chi connectivity index (χ0n) is 13.1. The minimum absolute atomic E-state index is 0.0292. The second kappa shape index (κ2) is 7.59. The van der Waals surface area contributed by atoms with E-state index >= 15 is 0 Å². The van der Waals surface area contributed by atoms with Gasteiger partial charge in [-0.1, -0.05) is 6.07 Å². The minimum Gasteiger partial charge on any atom is -0.496 e. The Balaban J connectivity index is 2.22. The van der Waals surface area contributed by atoms with Crippen molar-refractivity contribution in [2.45, 2.75) is 50.9 Å². The molecule has 0 saturated heterocycles. The molecule has 128 valence electrons. The molecule has 23 heavy (non-hydrogen) atoms. The summed E-state index contributed by atoms with van der Waals surface area (Å²) in [5.41, 5.74) is 7.00. The van der Waals surface area contributed by atoms with Crippen molar-refractivity contribution in [2.24, 2.45) is 5.73 Å². The van der Waals surface area contributed by atoms with Crippen molar-refractivity contribution >= 4 is 5.97 Å². The van der Waals surface area contributed by atoms with Gasteiger partial charge in [-0.25, -0.2) is 0 Å². The zero-order valence-corrected chi connectivity index (χ0v) is 13.1. The van der Waals surface area contributed by atoms with Crippen LogP contribution in [0.3, 0.4) is 0 Å². The number of nitrogens with two attached hydrogens (primary N) is 1. The van der Waals surface area contributed by atoms with Gasteiger partial charge in [-0.2, -0.15) is 8.78 Å². The Labute approximate surface area is 133 Å². The van der Waals surface area contributed by atoms with E-state index in [1.165, 1.54) is 26.2 Å². The summed E-state index contributed by atoms with van der Waals surface area (Å²) in [6.07, 6.45) is 1.80. The van der Waals surface area contributed by atoms with Crippen LogP contribution in [-0.2, 0) is 9.53 Å². The number of rotatable bonds is 5. The van der Waals surface area contributed by atoms with Crippen LogP contribution in [0.4, 0.5) is 8.78 Å². The summed E-state index contributed by atoms with van der Waals surface area (Å²) in [6, 6.07) is 4.45. The lowest BCUT2D eigenvalue weighted by Crippen LogP contribution is -2.38. The molecule has 0 amide bonds. The van der Waals surface area contributed by atoms with E-state index in [4.69, 9.17) is 15.2 Å². The monoisotopic (exact) mass is 329 g/mol. The number of carbonyl (C=O) groups is 1. The van der Waals surface area contributed by atoms with Gasteiger partial charge >= 0.3 is 12.6 Å². The Hall–Kier alpha value is -1.89. The van der Waals surface area contributed by atoms with Crippen molar-refractivity contribution in [1.29, 1.82) is 0 Å². The van der Waals surface area contributed by atoms with Crippen LogP contribution in [-0.4, -0.2) is 31.8 Å². The van der Waals surface area contributed by atoms with Crippen LogP contribution in [0.2, 0.25) is 0 Å². The van der Waals surface area contributed by atoms with E-state index in [1.807, 2.05) is 0 Å². The van der Waals surface area contributed by atoms with E-state index in [2.05, 4.69) is 4.74 Å². The van der Waals surface area contributed by atoms with E-state index in [-0.39, 0.29) is 29.8 Å². The maximum absolute atomic E-state index is 12.3. The number of benzene rings is 1. The lowest BCUT2D eigenvalue weighted by atomic mass is 9.78. The largest absolute Gasteiger partial charge is 0.496 e. The summed E-state index contributed by atoms with van der Waals surface area (Å²) in [4.78, 5) is 11.1. The Bertz CT molecular complexity index is 553. The van der Waals surface area contributed by atoms with Crippen molar-refractivity contribution in [1.82, 2.24) is 0 Å². The first kappa shape index (κ1) is 17.5. The standard InChI is InChI=1S/C16H21F2NO4/c1-9(20)22-10-4-6-14(19)13(7-10)12-5-3-11(23-16(17)18)8-15(12)21-2/h3,5,8,10,13-14,16H,4,6-7,19H2,1-2H3. The maximum Gasteiger partial charge on any atom is 0.387 e. The van der Waals surface area contributed by atoms with Gasteiger partial charge in [0.25, 0.3) is 0 Å². The molecule has 1 saturated carbocycles. The van der Waals surface area contributed by atoms with Crippen molar-refractivity contribution in [3.8, 4) is 11.5 Å². The number of hydrogen-bond acceptors (Lipinski definition) is 5. The van der Waals surface area contributed by atoms with Crippen LogP contribution < -0.4 is 15.2 Å². The molecule has 1 aromatic carbocycles. The van der Waals surface area contributed by atoms with Gasteiger partial charge in [0.1, 0.15) is 17.6 Å². The molecule has 1 aliphatic rings. The molecule has 0 spiro atoms. The minimum atomic E-state index is -2.89. The third-order valence-electron chi connectivity index (χ3n) is 4.02. The fourth-order valence-electron chi connectivity index (χ4n) is 3.03. The Morgan fingerprint density at radius 1 is 1.35 bits per heavy atom. The number of methoxy groups -OCH3 is 1. The third-order valence-corrected chi connectivity index (χ3v) is 4.02. The molecule has 2 rings (SSSR count). The SMILES string of the molecule is COc1cc(OC(F)F)ccc1C1CC(OC(C)=O)CCC1N. The van der Waals surface area contributed by atoms with Crippen molar-refractivity contribution in [3.05, 3.63) is 23.8 Å². The number of ether oxygens (including phenoxy) is 3. The number of halogens is 2. The smallest absolute Gasteiger partial charge is 0.387 e. The molecule has 0 aliphatic heterocycles. The number of hydrogen-bond donors (Lipinski definition) is 1. The summed E-state index contributed by atoms with van der Waals surface area (Å²) < 4.78 is 39.6. The van der Waals surface area contributed by atoms with Crippen LogP contribution in [0.1, 0.15) is 37.7 Å². The highest BCUT2D eigenvalue weighted by molar-refractivity contribution is 5.66. The molecule has 1 fully saturated rings. The highest BCUT2D eigenvalue weighted by Crippen LogP contribution is 2.39. The summed E-state index contributed by atoms with van der Waals surface area (Å²) in [5.74, 6) is 0.0640. The highest BCUT2D eigenvalue weighted by atomic mass is 19.3. The molecule has 5 nitrogen and oxygen atoms in total. The summed E-state index contributed by atoms with van der Waals surface area (Å²) >= 11 is 0. The van der Waals surface area contributed by atoms with Gasteiger partial charge in [0, 0.05) is 24.9 Å². The second-order valence-corrected chi connectivity index (χ2v) is 5.60. The highest BCUT2D eigenvalue weighted by Gasteiger charge is 2.32. The third kappa shape index (κ3) is 4.54. The summed E-state index contributed by atoms with van der Waals surface area (Å²) in [6.45, 7) is -1.52. The first-order valence-corrected chi connectivity index (χ1v) is 7.46. The molecule has 0 heterocycles. The fraction of sp³-hybridized carbons (Fsp3) is 0.562. The van der Waals surface area contributed by atoms with E-state index in [0.717, 1.165) is 5.56 Å². The molecular formula is C16H21F2NO4. The van der Waals surface area contributed by atoms with Crippen LogP contribution >= 0.6 is 0 Å². The van der Waals surface area contributed by atoms with Crippen LogP contribution in [0.5, 0.6) is 11.5 Å². The van der Waals surface area contributed by atoms with Crippen molar-refractivity contribution < 1.29 is 27.8 Å². The predicted molar refractivity (Wildman–Crippen MR) is 79.7 cm³/mol. The number of carbonyl (C=O) groups excluding carboxylic acids is 1. The molecule has 0 radical (unpaired) electrons. The number of esters is 1. The molecule has 1 aliphatic carbocycles. The molecule has 3 atom stereocenters. The topological polar surface area (TPSA) is 70.8 Å². The maximum atomic E-state index is 12.3. The van der Waals surface area contributed by atoms with Gasteiger partial charge in [0.05, 0.1) is 7.11 Å². The van der Waals surface area contributed by atoms with Gasteiger partial charge in [0.2, 0.25) is 0 Å². The lowest BCUT2D eigenvalue weighted by Gasteiger charge is -2.34. The Kier molecular flexibility index (Phi) is 5.76. The first-order valence-electron chi connectivity index (χ1n) is 7.46. The molecule has 2 N–H and O–H groups in total. The average Bonchev–Trinajstić information content (AvgIpc) is 2.48. The molecule has 0 bridgehead atoms. The van der Waals surface area contributed by atoms with Gasteiger partial charge in [-0.05, 0) is 30.9 Å². The first-order chi connectivity index (χ1) is 10.9. The van der Waals surface area contributed by atoms with Crippen molar-refractivity contribution in [2.75, 3.05) is 7.11 Å². The van der Waals surface area contributed by atoms with E-state index in [0.29, 0.717) is 25.0 Å². The van der Waals surface area contributed by atoms with E-state index in [1.54, 1.807) is 6.07 Å². The molecule has 0 aromatic heterocycles. The van der Waals surface area contributed by atoms with Crippen LogP contribution in [0, 0.1) is 0 Å². The van der Waals surface area contributed by atoms with Gasteiger partial charge < -0.3 is 19.9 Å². The molecule has 7 heteroatoms. The normalized spacial score (nSPS) is 24.3. The molecule has 3 unspecified atom stereocenters. The Morgan fingerprint density at radius 3 is 2.70 bits per heavy atom. The van der Waals surface area contributed by atoms with Gasteiger partial charge in [-0.15, -0.1) is 0 Å². The quantitative estimate of drug-likeness (QED) is 0.841.